The molecule has 0 saturated carbocycles. The molecule has 3 nitrogen and oxygen atoms in total. The summed E-state index contributed by atoms with van der Waals surface area (Å²) in [5.74, 6) is 0.600. The minimum atomic E-state index is -1.09. The Bertz CT molecular complexity index is 402. The van der Waals surface area contributed by atoms with Crippen molar-refractivity contribution in [2.24, 2.45) is 0 Å². The molecule has 1 aromatic carbocycles. The number of rotatable bonds is 7. The molecule has 0 amide bonds. The maximum Gasteiger partial charge on any atom is 0.330 e. The molecule has 0 atom stereocenters. The highest BCUT2D eigenvalue weighted by molar-refractivity contribution is 6.49. The van der Waals surface area contributed by atoms with Gasteiger partial charge < -0.3 is 9.16 Å². The van der Waals surface area contributed by atoms with Crippen molar-refractivity contribution in [3.63, 3.8) is 0 Å². The van der Waals surface area contributed by atoms with Gasteiger partial charge in [0.15, 0.2) is 0 Å². The molecule has 0 heterocycles. The van der Waals surface area contributed by atoms with Gasteiger partial charge in [0, 0.05) is 6.08 Å². The average molecular weight is 264 g/mol. The summed E-state index contributed by atoms with van der Waals surface area (Å²) < 4.78 is 10.8. The molecule has 0 bridgehead atoms. The first-order valence-corrected chi connectivity index (χ1v) is 8.95. The summed E-state index contributed by atoms with van der Waals surface area (Å²) in [5.41, 5.74) is 1.17. The predicted molar refractivity (Wildman–Crippen MR) is 75.4 cm³/mol. The SMILES string of the molecule is C=CC(=O)OCCCc1ccccc1O[SiH](C)C. The number of hydrogen-bond donors (Lipinski definition) is 0. The molecular weight excluding hydrogens is 244 g/mol. The third-order valence-electron chi connectivity index (χ3n) is 2.34. The van der Waals surface area contributed by atoms with Crippen LogP contribution in [0, 0.1) is 0 Å². The van der Waals surface area contributed by atoms with Crippen LogP contribution in [-0.2, 0) is 16.0 Å². The van der Waals surface area contributed by atoms with Gasteiger partial charge in [-0.25, -0.2) is 4.79 Å². The molecule has 1 rings (SSSR count). The summed E-state index contributed by atoms with van der Waals surface area (Å²) in [6, 6.07) is 8.03. The zero-order valence-corrected chi connectivity index (χ0v) is 12.2. The van der Waals surface area contributed by atoms with Gasteiger partial charge in [0.1, 0.15) is 5.75 Å². The Hall–Kier alpha value is -1.55. The molecule has 98 valence electrons. The van der Waals surface area contributed by atoms with E-state index >= 15 is 0 Å². The van der Waals surface area contributed by atoms with Gasteiger partial charge >= 0.3 is 5.97 Å². The first kappa shape index (κ1) is 14.5. The quantitative estimate of drug-likeness (QED) is 0.329. The fraction of sp³-hybridized carbons (Fsp3) is 0.357. The summed E-state index contributed by atoms with van der Waals surface area (Å²) in [4.78, 5) is 10.9. The normalized spacial score (nSPS) is 10.2. The van der Waals surface area contributed by atoms with E-state index in [4.69, 9.17) is 9.16 Å². The van der Waals surface area contributed by atoms with E-state index in [-0.39, 0.29) is 5.97 Å². The summed E-state index contributed by atoms with van der Waals surface area (Å²) in [5, 5.41) is 0. The van der Waals surface area contributed by atoms with Crippen LogP contribution in [0.4, 0.5) is 0 Å². The molecule has 0 aliphatic carbocycles. The minimum absolute atomic E-state index is 0.367. The molecule has 18 heavy (non-hydrogen) atoms. The lowest BCUT2D eigenvalue weighted by atomic mass is 10.1. The van der Waals surface area contributed by atoms with Gasteiger partial charge in [-0.05, 0) is 37.6 Å². The van der Waals surface area contributed by atoms with Crippen LogP contribution >= 0.6 is 0 Å². The number of para-hydroxylation sites is 1. The highest BCUT2D eigenvalue weighted by Gasteiger charge is 2.05. The van der Waals surface area contributed by atoms with Crippen molar-refractivity contribution in [3.8, 4) is 5.75 Å². The van der Waals surface area contributed by atoms with Crippen molar-refractivity contribution < 1.29 is 14.0 Å². The first-order chi connectivity index (χ1) is 8.63. The zero-order valence-electron chi connectivity index (χ0n) is 11.0. The second-order valence-electron chi connectivity index (χ2n) is 4.25. The number of hydrogen-bond acceptors (Lipinski definition) is 3. The minimum Gasteiger partial charge on any atom is -0.547 e. The van der Waals surface area contributed by atoms with E-state index in [0.717, 1.165) is 18.6 Å². The van der Waals surface area contributed by atoms with E-state index in [1.54, 1.807) is 0 Å². The van der Waals surface area contributed by atoms with Gasteiger partial charge in [-0.2, -0.15) is 0 Å². The van der Waals surface area contributed by atoms with Crippen LogP contribution in [0.1, 0.15) is 12.0 Å². The fourth-order valence-corrected chi connectivity index (χ4v) is 2.31. The molecule has 0 saturated heterocycles. The Morgan fingerprint density at radius 3 is 2.78 bits per heavy atom. The van der Waals surface area contributed by atoms with Crippen LogP contribution in [-0.4, -0.2) is 21.6 Å². The molecule has 0 N–H and O–H groups in total. The topological polar surface area (TPSA) is 35.5 Å². The van der Waals surface area contributed by atoms with E-state index in [1.165, 1.54) is 11.6 Å². The van der Waals surface area contributed by atoms with E-state index in [1.807, 2.05) is 18.2 Å². The molecule has 0 aliphatic rings. The smallest absolute Gasteiger partial charge is 0.330 e. The summed E-state index contributed by atoms with van der Waals surface area (Å²) >= 11 is 0. The van der Waals surface area contributed by atoms with E-state index in [0.29, 0.717) is 6.61 Å². The van der Waals surface area contributed by atoms with Crippen LogP contribution in [0.3, 0.4) is 0 Å². The zero-order chi connectivity index (χ0) is 13.4. The van der Waals surface area contributed by atoms with Crippen LogP contribution in [0.15, 0.2) is 36.9 Å². The highest BCUT2D eigenvalue weighted by Crippen LogP contribution is 2.20. The molecule has 0 radical (unpaired) electrons. The first-order valence-electron chi connectivity index (χ1n) is 6.17. The number of esters is 1. The number of carbonyl (C=O) groups excluding carboxylic acids is 1. The second-order valence-corrected chi connectivity index (χ2v) is 6.58. The van der Waals surface area contributed by atoms with Crippen LogP contribution in [0.2, 0.25) is 13.1 Å². The molecule has 0 aromatic heterocycles. The fourth-order valence-electron chi connectivity index (χ4n) is 1.57. The van der Waals surface area contributed by atoms with Crippen LogP contribution < -0.4 is 4.43 Å². The number of ether oxygens (including phenoxy) is 1. The molecule has 0 unspecified atom stereocenters. The molecule has 1 aromatic rings. The van der Waals surface area contributed by atoms with Gasteiger partial charge in [-0.15, -0.1) is 0 Å². The molecule has 4 heteroatoms. The van der Waals surface area contributed by atoms with Crippen LogP contribution in [0.5, 0.6) is 5.75 Å². The highest BCUT2D eigenvalue weighted by atomic mass is 28.3. The Morgan fingerprint density at radius 1 is 1.39 bits per heavy atom. The molecule has 0 fully saturated rings. The lowest BCUT2D eigenvalue weighted by Crippen LogP contribution is -2.12. The summed E-state index contributed by atoms with van der Waals surface area (Å²) in [6.45, 7) is 8.05. The van der Waals surface area contributed by atoms with Gasteiger partial charge in [0.05, 0.1) is 6.61 Å². The van der Waals surface area contributed by atoms with Crippen molar-refractivity contribution in [3.05, 3.63) is 42.5 Å². The number of benzene rings is 1. The maximum absolute atomic E-state index is 10.9. The van der Waals surface area contributed by atoms with Gasteiger partial charge in [0.2, 0.25) is 9.04 Å². The largest absolute Gasteiger partial charge is 0.547 e. The lowest BCUT2D eigenvalue weighted by Gasteiger charge is -2.13. The molecule has 0 spiro atoms. The monoisotopic (exact) mass is 264 g/mol. The number of carbonyl (C=O) groups is 1. The second kappa shape index (κ2) is 7.71. The Balaban J connectivity index is 2.46. The van der Waals surface area contributed by atoms with E-state index < -0.39 is 9.04 Å². The van der Waals surface area contributed by atoms with Crippen molar-refractivity contribution >= 4 is 15.0 Å². The van der Waals surface area contributed by atoms with Crippen LogP contribution in [0.25, 0.3) is 0 Å². The van der Waals surface area contributed by atoms with Crippen molar-refractivity contribution in [2.45, 2.75) is 25.9 Å². The van der Waals surface area contributed by atoms with E-state index in [9.17, 15) is 4.79 Å². The predicted octanol–water partition coefficient (Wildman–Crippen LogP) is 2.71. The van der Waals surface area contributed by atoms with Gasteiger partial charge in [0.25, 0.3) is 0 Å². The molecule has 0 aliphatic heterocycles. The Kier molecular flexibility index (Phi) is 6.22. The standard InChI is InChI=1S/C14H20O3Si/c1-4-14(15)16-11-7-9-12-8-5-6-10-13(12)17-18(2)3/h4-6,8,10,18H,1,7,9,11H2,2-3H3. The van der Waals surface area contributed by atoms with Gasteiger partial charge in [-0.1, -0.05) is 24.8 Å². The molecular formula is C14H20O3Si. The summed E-state index contributed by atoms with van der Waals surface area (Å²) in [6.07, 6.45) is 2.82. The average Bonchev–Trinajstić information content (AvgIpc) is 2.35. The Morgan fingerprint density at radius 2 is 2.11 bits per heavy atom. The van der Waals surface area contributed by atoms with Crippen molar-refractivity contribution in [1.82, 2.24) is 0 Å². The third kappa shape index (κ3) is 5.18. The van der Waals surface area contributed by atoms with Crippen molar-refractivity contribution in [2.75, 3.05) is 6.61 Å². The van der Waals surface area contributed by atoms with E-state index in [2.05, 4.69) is 25.7 Å². The summed E-state index contributed by atoms with van der Waals surface area (Å²) in [7, 11) is -1.09. The third-order valence-corrected chi connectivity index (χ3v) is 3.06. The Labute approximate surface area is 110 Å². The number of aryl methyl sites for hydroxylation is 1. The maximum atomic E-state index is 10.9. The van der Waals surface area contributed by atoms with Gasteiger partial charge in [-0.3, -0.25) is 0 Å². The lowest BCUT2D eigenvalue weighted by molar-refractivity contribution is -0.137. The van der Waals surface area contributed by atoms with Crippen molar-refractivity contribution in [1.29, 1.82) is 0 Å².